The van der Waals surface area contributed by atoms with Crippen LogP contribution in [-0.2, 0) is 0 Å². The van der Waals surface area contributed by atoms with Crippen LogP contribution in [0.4, 0.5) is 0 Å². The number of aromatic nitrogens is 1. The maximum Gasteiger partial charge on any atom is 0.0878 e. The third-order valence-electron chi connectivity index (χ3n) is 2.11. The van der Waals surface area contributed by atoms with Crippen LogP contribution in [0.5, 0.6) is 0 Å². The lowest BCUT2D eigenvalue weighted by Crippen LogP contribution is -2.22. The lowest BCUT2D eigenvalue weighted by molar-refractivity contribution is -0.255. The Balaban J connectivity index is 2.76. The second-order valence-corrected chi connectivity index (χ2v) is 3.59. The van der Waals surface area contributed by atoms with Crippen molar-refractivity contribution in [2.45, 2.75) is 6.92 Å². The fourth-order valence-electron chi connectivity index (χ4n) is 1.49. The fourth-order valence-corrected chi connectivity index (χ4v) is 1.77. The van der Waals surface area contributed by atoms with E-state index in [0.717, 1.165) is 16.5 Å². The van der Waals surface area contributed by atoms with Crippen LogP contribution in [0.3, 0.4) is 0 Å². The molecule has 3 nitrogen and oxygen atoms in total. The molecule has 0 radical (unpaired) electrons. The number of carbonyl (C=O) groups excluding carboxylic acids is 1. The zero-order valence-corrected chi connectivity index (χ0v) is 8.18. The molecule has 4 heteroatoms. The molecule has 0 spiro atoms. The fraction of sp³-hybridized carbons (Fsp3) is 0.100. The minimum atomic E-state index is -1.21. The molecule has 0 saturated carbocycles. The first kappa shape index (κ1) is 9.09. The number of hydrogen-bond acceptors (Lipinski definition) is 2. The molecule has 14 heavy (non-hydrogen) atoms. The Labute approximate surface area is 85.3 Å². The van der Waals surface area contributed by atoms with Gasteiger partial charge < -0.3 is 14.9 Å². The van der Waals surface area contributed by atoms with Crippen LogP contribution in [-0.4, -0.2) is 11.0 Å². The van der Waals surface area contributed by atoms with Gasteiger partial charge in [-0.3, -0.25) is 0 Å². The molecule has 0 aliphatic rings. The number of H-pyrrole nitrogens is 1. The first-order chi connectivity index (χ1) is 6.58. The number of nitrogens with one attached hydrogen (secondary N) is 1. The van der Waals surface area contributed by atoms with Gasteiger partial charge in [0.1, 0.15) is 0 Å². The number of aromatic amines is 1. The third-order valence-corrected chi connectivity index (χ3v) is 2.33. The van der Waals surface area contributed by atoms with E-state index in [9.17, 15) is 9.90 Å². The second-order valence-electron chi connectivity index (χ2n) is 3.16. The van der Waals surface area contributed by atoms with Gasteiger partial charge in [-0.2, -0.15) is 0 Å². The predicted molar refractivity (Wildman–Crippen MR) is 52.4 cm³/mol. The van der Waals surface area contributed by atoms with E-state index in [2.05, 4.69) is 4.98 Å². The zero-order chi connectivity index (χ0) is 10.3. The Morgan fingerprint density at radius 3 is 2.79 bits per heavy atom. The molecule has 0 atom stereocenters. The van der Waals surface area contributed by atoms with Crippen molar-refractivity contribution in [1.29, 1.82) is 0 Å². The van der Waals surface area contributed by atoms with Crippen molar-refractivity contribution in [2.24, 2.45) is 0 Å². The van der Waals surface area contributed by atoms with Crippen LogP contribution in [0.1, 0.15) is 16.1 Å². The summed E-state index contributed by atoms with van der Waals surface area (Å²) in [4.78, 5) is 13.4. The van der Waals surface area contributed by atoms with Crippen LogP contribution >= 0.6 is 11.6 Å². The number of carbonyl (C=O) groups is 1. The normalized spacial score (nSPS) is 10.7. The maximum atomic E-state index is 10.6. The SMILES string of the molecule is Cc1cc(Cl)cc2cc(C(=O)[O-])[nH]c12. The first-order valence-corrected chi connectivity index (χ1v) is 4.46. The van der Waals surface area contributed by atoms with Gasteiger partial charge in [0.05, 0.1) is 11.7 Å². The molecule has 0 unspecified atom stereocenters. The molecule has 0 bridgehead atoms. The van der Waals surface area contributed by atoms with Gasteiger partial charge in [0.15, 0.2) is 0 Å². The number of aryl methyl sites for hydroxylation is 1. The molecule has 0 aliphatic heterocycles. The Hall–Kier alpha value is -1.48. The van der Waals surface area contributed by atoms with Crippen molar-refractivity contribution >= 4 is 28.5 Å². The van der Waals surface area contributed by atoms with Gasteiger partial charge in [0, 0.05) is 15.9 Å². The van der Waals surface area contributed by atoms with Crippen molar-refractivity contribution < 1.29 is 9.90 Å². The van der Waals surface area contributed by atoms with Crippen molar-refractivity contribution in [1.82, 2.24) is 4.98 Å². The largest absolute Gasteiger partial charge is 0.543 e. The summed E-state index contributed by atoms with van der Waals surface area (Å²) in [7, 11) is 0. The van der Waals surface area contributed by atoms with Crippen LogP contribution in [0.15, 0.2) is 18.2 Å². The van der Waals surface area contributed by atoms with Crippen molar-refractivity contribution in [3.05, 3.63) is 34.5 Å². The molecule has 1 heterocycles. The quantitative estimate of drug-likeness (QED) is 0.772. The summed E-state index contributed by atoms with van der Waals surface area (Å²) in [6.07, 6.45) is 0. The maximum absolute atomic E-state index is 10.6. The molecule has 0 amide bonds. The minimum Gasteiger partial charge on any atom is -0.543 e. The van der Waals surface area contributed by atoms with Gasteiger partial charge in [0.25, 0.3) is 0 Å². The number of fused-ring (bicyclic) bond motifs is 1. The van der Waals surface area contributed by atoms with E-state index in [4.69, 9.17) is 11.6 Å². The van der Waals surface area contributed by atoms with Gasteiger partial charge in [-0.15, -0.1) is 0 Å². The number of carboxylic acid groups (broad SMARTS) is 1. The van der Waals surface area contributed by atoms with Crippen LogP contribution in [0, 0.1) is 6.92 Å². The monoisotopic (exact) mass is 208 g/mol. The molecule has 2 aromatic rings. The Kier molecular flexibility index (Phi) is 1.97. The summed E-state index contributed by atoms with van der Waals surface area (Å²) >= 11 is 5.84. The summed E-state index contributed by atoms with van der Waals surface area (Å²) in [5.74, 6) is -1.21. The number of halogens is 1. The summed E-state index contributed by atoms with van der Waals surface area (Å²) in [6, 6.07) is 5.01. The first-order valence-electron chi connectivity index (χ1n) is 4.08. The van der Waals surface area contributed by atoms with Gasteiger partial charge in [-0.05, 0) is 30.7 Å². The lowest BCUT2D eigenvalue weighted by Gasteiger charge is -1.97. The number of aromatic carboxylic acids is 1. The van der Waals surface area contributed by atoms with Crippen LogP contribution in [0.25, 0.3) is 10.9 Å². The molecular weight excluding hydrogens is 202 g/mol. The van der Waals surface area contributed by atoms with E-state index < -0.39 is 5.97 Å². The molecule has 1 aromatic carbocycles. The molecular formula is C10H7ClNO2-. The Morgan fingerprint density at radius 1 is 1.43 bits per heavy atom. The van der Waals surface area contributed by atoms with Gasteiger partial charge >= 0.3 is 0 Å². The van der Waals surface area contributed by atoms with Gasteiger partial charge in [-0.25, -0.2) is 0 Å². The van der Waals surface area contributed by atoms with E-state index in [-0.39, 0.29) is 5.69 Å². The standard InChI is InChI=1S/C10H8ClNO2/c1-5-2-7(11)3-6-4-8(10(13)14)12-9(5)6/h2-4,12H,1H3,(H,13,14)/p-1. The molecule has 0 fully saturated rings. The highest BCUT2D eigenvalue weighted by atomic mass is 35.5. The number of rotatable bonds is 1. The Bertz CT molecular complexity index is 516. The highest BCUT2D eigenvalue weighted by molar-refractivity contribution is 6.31. The average Bonchev–Trinajstić information content (AvgIpc) is 2.47. The number of hydrogen-bond donors (Lipinski definition) is 1. The van der Waals surface area contributed by atoms with Crippen molar-refractivity contribution in [3.8, 4) is 0 Å². The third kappa shape index (κ3) is 1.36. The molecule has 72 valence electrons. The Morgan fingerprint density at radius 2 is 2.14 bits per heavy atom. The van der Waals surface area contributed by atoms with Gasteiger partial charge in [0.2, 0.25) is 0 Å². The number of benzene rings is 1. The average molecular weight is 209 g/mol. The van der Waals surface area contributed by atoms with E-state index in [1.165, 1.54) is 6.07 Å². The summed E-state index contributed by atoms with van der Waals surface area (Å²) in [5, 5.41) is 12.0. The predicted octanol–water partition coefficient (Wildman–Crippen LogP) is 1.49. The molecule has 1 aromatic heterocycles. The van der Waals surface area contributed by atoms with Crippen molar-refractivity contribution in [3.63, 3.8) is 0 Å². The summed E-state index contributed by atoms with van der Waals surface area (Å²) < 4.78 is 0. The smallest absolute Gasteiger partial charge is 0.0878 e. The zero-order valence-electron chi connectivity index (χ0n) is 7.43. The highest BCUT2D eigenvalue weighted by Crippen LogP contribution is 2.23. The lowest BCUT2D eigenvalue weighted by atomic mass is 10.2. The van der Waals surface area contributed by atoms with E-state index in [1.807, 2.05) is 6.92 Å². The van der Waals surface area contributed by atoms with Gasteiger partial charge in [-0.1, -0.05) is 11.6 Å². The van der Waals surface area contributed by atoms with Crippen LogP contribution < -0.4 is 5.11 Å². The van der Waals surface area contributed by atoms with E-state index in [0.29, 0.717) is 5.02 Å². The number of carboxylic acids is 1. The minimum absolute atomic E-state index is 0.0744. The molecule has 0 saturated heterocycles. The van der Waals surface area contributed by atoms with E-state index >= 15 is 0 Å². The molecule has 2 rings (SSSR count). The molecule has 0 aliphatic carbocycles. The molecule has 1 N–H and O–H groups in total. The van der Waals surface area contributed by atoms with Crippen LogP contribution in [0.2, 0.25) is 5.02 Å². The summed E-state index contributed by atoms with van der Waals surface area (Å²) in [6.45, 7) is 1.86. The van der Waals surface area contributed by atoms with Crippen molar-refractivity contribution in [2.75, 3.05) is 0 Å². The summed E-state index contributed by atoms with van der Waals surface area (Å²) in [5.41, 5.74) is 1.78. The van der Waals surface area contributed by atoms with E-state index in [1.54, 1.807) is 12.1 Å². The second kappa shape index (κ2) is 3.03. The topological polar surface area (TPSA) is 55.9 Å². The highest BCUT2D eigenvalue weighted by Gasteiger charge is 2.04.